The Kier molecular flexibility index (Phi) is 7.65. The summed E-state index contributed by atoms with van der Waals surface area (Å²) in [5, 5.41) is 2.84. The first-order valence-corrected chi connectivity index (χ1v) is 6.98. The molecule has 3 N–H and O–H groups in total. The standard InChI is InChI=1S/C15H23FN2O2/c1-12(17)4-9-15(19)18-10-2-3-11-20-14-7-5-13(16)6-8-14/h5-8,12H,2-4,9-11,17H2,1H3,(H,18,19). The first-order valence-electron chi connectivity index (χ1n) is 6.98. The van der Waals surface area contributed by atoms with Gasteiger partial charge in [0.1, 0.15) is 11.6 Å². The number of nitrogens with two attached hydrogens (primary N) is 1. The van der Waals surface area contributed by atoms with Crippen molar-refractivity contribution in [2.24, 2.45) is 5.73 Å². The molecular weight excluding hydrogens is 259 g/mol. The Morgan fingerprint density at radius 3 is 2.70 bits per heavy atom. The Labute approximate surface area is 119 Å². The van der Waals surface area contributed by atoms with Crippen LogP contribution in [0.4, 0.5) is 4.39 Å². The Morgan fingerprint density at radius 2 is 2.05 bits per heavy atom. The largest absolute Gasteiger partial charge is 0.494 e. The second-order valence-corrected chi connectivity index (χ2v) is 4.88. The highest BCUT2D eigenvalue weighted by molar-refractivity contribution is 5.75. The zero-order valence-corrected chi connectivity index (χ0v) is 11.9. The minimum Gasteiger partial charge on any atom is -0.494 e. The molecular formula is C15H23FN2O2. The third-order valence-electron chi connectivity index (χ3n) is 2.80. The molecule has 1 aromatic carbocycles. The molecule has 0 aliphatic heterocycles. The van der Waals surface area contributed by atoms with Crippen LogP contribution in [0.15, 0.2) is 24.3 Å². The summed E-state index contributed by atoms with van der Waals surface area (Å²) in [5.74, 6) is 0.431. The van der Waals surface area contributed by atoms with Crippen LogP contribution >= 0.6 is 0 Å². The molecule has 0 saturated heterocycles. The lowest BCUT2D eigenvalue weighted by molar-refractivity contribution is -0.121. The van der Waals surface area contributed by atoms with E-state index in [1.165, 1.54) is 12.1 Å². The SMILES string of the molecule is CC(N)CCC(=O)NCCCCOc1ccc(F)cc1. The van der Waals surface area contributed by atoms with Gasteiger partial charge in [-0.25, -0.2) is 4.39 Å². The molecule has 1 rings (SSSR count). The number of carbonyl (C=O) groups is 1. The maximum absolute atomic E-state index is 12.7. The molecule has 0 saturated carbocycles. The van der Waals surface area contributed by atoms with Crippen molar-refractivity contribution in [3.63, 3.8) is 0 Å². The van der Waals surface area contributed by atoms with Crippen molar-refractivity contribution in [2.75, 3.05) is 13.2 Å². The summed E-state index contributed by atoms with van der Waals surface area (Å²) >= 11 is 0. The van der Waals surface area contributed by atoms with E-state index in [1.807, 2.05) is 6.92 Å². The summed E-state index contributed by atoms with van der Waals surface area (Å²) in [7, 11) is 0. The topological polar surface area (TPSA) is 64.4 Å². The number of unbranched alkanes of at least 4 members (excludes halogenated alkanes) is 1. The average molecular weight is 282 g/mol. The highest BCUT2D eigenvalue weighted by Crippen LogP contribution is 2.11. The predicted molar refractivity (Wildman–Crippen MR) is 77.0 cm³/mol. The third-order valence-corrected chi connectivity index (χ3v) is 2.80. The number of benzene rings is 1. The molecule has 0 bridgehead atoms. The predicted octanol–water partition coefficient (Wildman–Crippen LogP) is 2.23. The third kappa shape index (κ3) is 7.74. The van der Waals surface area contributed by atoms with Crippen molar-refractivity contribution in [1.29, 1.82) is 0 Å². The van der Waals surface area contributed by atoms with Crippen molar-refractivity contribution >= 4 is 5.91 Å². The van der Waals surface area contributed by atoms with E-state index < -0.39 is 0 Å². The summed E-state index contributed by atoms with van der Waals surface area (Å²) in [5.41, 5.74) is 5.58. The minimum absolute atomic E-state index is 0.0433. The number of hydrogen-bond acceptors (Lipinski definition) is 3. The molecule has 5 heteroatoms. The van der Waals surface area contributed by atoms with Crippen LogP contribution in [0.5, 0.6) is 5.75 Å². The lowest BCUT2D eigenvalue weighted by Gasteiger charge is -2.08. The van der Waals surface area contributed by atoms with Crippen LogP contribution in [-0.2, 0) is 4.79 Å². The van der Waals surface area contributed by atoms with Crippen molar-refractivity contribution in [3.05, 3.63) is 30.1 Å². The Balaban J connectivity index is 1.99. The number of amides is 1. The first kappa shape index (κ1) is 16.4. The molecule has 1 atom stereocenters. The Hall–Kier alpha value is -1.62. The fourth-order valence-corrected chi connectivity index (χ4v) is 1.62. The highest BCUT2D eigenvalue weighted by atomic mass is 19.1. The Bertz CT molecular complexity index is 393. The van der Waals surface area contributed by atoms with Gasteiger partial charge in [-0.1, -0.05) is 0 Å². The summed E-state index contributed by atoms with van der Waals surface area (Å²) in [6, 6.07) is 6.00. The van der Waals surface area contributed by atoms with Gasteiger partial charge in [0.2, 0.25) is 5.91 Å². The van der Waals surface area contributed by atoms with Gasteiger partial charge in [0.15, 0.2) is 0 Å². The van der Waals surface area contributed by atoms with E-state index in [4.69, 9.17) is 10.5 Å². The molecule has 4 nitrogen and oxygen atoms in total. The van der Waals surface area contributed by atoms with Crippen molar-refractivity contribution < 1.29 is 13.9 Å². The van der Waals surface area contributed by atoms with Gasteiger partial charge in [0.05, 0.1) is 6.61 Å². The number of hydrogen-bond donors (Lipinski definition) is 2. The van der Waals surface area contributed by atoms with Gasteiger partial charge in [-0.2, -0.15) is 0 Å². The van der Waals surface area contributed by atoms with E-state index >= 15 is 0 Å². The van der Waals surface area contributed by atoms with Crippen LogP contribution in [0.3, 0.4) is 0 Å². The molecule has 0 spiro atoms. The van der Waals surface area contributed by atoms with E-state index in [0.29, 0.717) is 31.7 Å². The fourth-order valence-electron chi connectivity index (χ4n) is 1.62. The Morgan fingerprint density at radius 1 is 1.35 bits per heavy atom. The number of rotatable bonds is 9. The first-order chi connectivity index (χ1) is 9.58. The van der Waals surface area contributed by atoms with Gasteiger partial charge >= 0.3 is 0 Å². The van der Waals surface area contributed by atoms with E-state index in [2.05, 4.69) is 5.32 Å². The molecule has 0 heterocycles. The molecule has 0 aliphatic rings. The fraction of sp³-hybridized carbons (Fsp3) is 0.533. The van der Waals surface area contributed by atoms with Crippen LogP contribution in [0, 0.1) is 5.82 Å². The molecule has 1 amide bonds. The molecule has 1 aromatic rings. The lowest BCUT2D eigenvalue weighted by atomic mass is 10.2. The van der Waals surface area contributed by atoms with Crippen LogP contribution in [0.2, 0.25) is 0 Å². The van der Waals surface area contributed by atoms with E-state index in [9.17, 15) is 9.18 Å². The quantitative estimate of drug-likeness (QED) is 0.683. The smallest absolute Gasteiger partial charge is 0.220 e. The molecule has 0 fully saturated rings. The van der Waals surface area contributed by atoms with Gasteiger partial charge in [-0.05, 0) is 50.5 Å². The van der Waals surface area contributed by atoms with Crippen molar-refractivity contribution in [2.45, 2.75) is 38.6 Å². The monoisotopic (exact) mass is 282 g/mol. The number of ether oxygens (including phenoxy) is 1. The van der Waals surface area contributed by atoms with Crippen LogP contribution < -0.4 is 15.8 Å². The second kappa shape index (κ2) is 9.31. The molecule has 0 aliphatic carbocycles. The second-order valence-electron chi connectivity index (χ2n) is 4.88. The van der Waals surface area contributed by atoms with Gasteiger partial charge in [0, 0.05) is 19.0 Å². The normalized spacial score (nSPS) is 11.9. The van der Waals surface area contributed by atoms with Crippen LogP contribution in [0.25, 0.3) is 0 Å². The van der Waals surface area contributed by atoms with Crippen LogP contribution in [-0.4, -0.2) is 25.1 Å². The van der Waals surface area contributed by atoms with Crippen LogP contribution in [0.1, 0.15) is 32.6 Å². The molecule has 20 heavy (non-hydrogen) atoms. The van der Waals surface area contributed by atoms with Gasteiger partial charge in [-0.3, -0.25) is 4.79 Å². The molecule has 112 valence electrons. The number of nitrogens with one attached hydrogen (secondary N) is 1. The molecule has 0 radical (unpaired) electrons. The average Bonchev–Trinajstić information content (AvgIpc) is 2.42. The number of halogens is 1. The molecule has 0 aromatic heterocycles. The zero-order chi connectivity index (χ0) is 14.8. The lowest BCUT2D eigenvalue weighted by Crippen LogP contribution is -2.26. The van der Waals surface area contributed by atoms with E-state index in [-0.39, 0.29) is 17.8 Å². The minimum atomic E-state index is -0.271. The zero-order valence-electron chi connectivity index (χ0n) is 11.9. The maximum Gasteiger partial charge on any atom is 0.220 e. The summed E-state index contributed by atoms with van der Waals surface area (Å²) in [6.07, 6.45) is 2.87. The maximum atomic E-state index is 12.7. The molecule has 1 unspecified atom stereocenters. The van der Waals surface area contributed by atoms with Gasteiger partial charge in [-0.15, -0.1) is 0 Å². The van der Waals surface area contributed by atoms with Gasteiger partial charge < -0.3 is 15.8 Å². The summed E-state index contributed by atoms with van der Waals surface area (Å²) in [4.78, 5) is 11.4. The number of carbonyl (C=O) groups excluding carboxylic acids is 1. The summed E-state index contributed by atoms with van der Waals surface area (Å²) in [6.45, 7) is 3.09. The van der Waals surface area contributed by atoms with E-state index in [0.717, 1.165) is 12.8 Å². The van der Waals surface area contributed by atoms with Gasteiger partial charge in [0.25, 0.3) is 0 Å². The van der Waals surface area contributed by atoms with E-state index in [1.54, 1.807) is 12.1 Å². The summed E-state index contributed by atoms with van der Waals surface area (Å²) < 4.78 is 18.1. The van der Waals surface area contributed by atoms with Crippen molar-refractivity contribution in [3.8, 4) is 5.75 Å². The van der Waals surface area contributed by atoms with Crippen molar-refractivity contribution in [1.82, 2.24) is 5.32 Å². The highest BCUT2D eigenvalue weighted by Gasteiger charge is 2.02.